The predicted octanol–water partition coefficient (Wildman–Crippen LogP) is 4.90. The zero-order valence-electron chi connectivity index (χ0n) is 13.1. The maximum Gasteiger partial charge on any atom is 0.127 e. The predicted molar refractivity (Wildman–Crippen MR) is 94.6 cm³/mol. The summed E-state index contributed by atoms with van der Waals surface area (Å²) in [5, 5.41) is 0. The Morgan fingerprint density at radius 2 is 1.35 bits per heavy atom. The first-order valence-electron chi connectivity index (χ1n) is 7.67. The largest absolute Gasteiger partial charge is 0.457 e. The lowest BCUT2D eigenvalue weighted by Gasteiger charge is -2.09. The van der Waals surface area contributed by atoms with Crippen LogP contribution in [0.4, 0.5) is 5.69 Å². The topological polar surface area (TPSA) is 33.3 Å². The number of hydrogen-bond donors (Lipinski definition) is 2. The molecule has 0 unspecified atom stereocenters. The molecule has 3 heteroatoms. The fourth-order valence-corrected chi connectivity index (χ4v) is 2.19. The molecule has 23 heavy (non-hydrogen) atoms. The maximum absolute atomic E-state index is 5.83. The molecule has 0 fully saturated rings. The van der Waals surface area contributed by atoms with Crippen LogP contribution in [0.15, 0.2) is 78.9 Å². The molecule has 116 valence electrons. The lowest BCUT2D eigenvalue weighted by atomic mass is 10.2. The van der Waals surface area contributed by atoms with E-state index < -0.39 is 0 Å². The van der Waals surface area contributed by atoms with Gasteiger partial charge in [-0.05, 0) is 48.9 Å². The Kier molecular flexibility index (Phi) is 4.92. The fraction of sp³-hybridized carbons (Fsp3) is 0.100. The van der Waals surface area contributed by atoms with Gasteiger partial charge in [-0.25, -0.2) is 5.43 Å². The second-order valence-corrected chi connectivity index (χ2v) is 5.40. The summed E-state index contributed by atoms with van der Waals surface area (Å²) in [6.07, 6.45) is 0. The average Bonchev–Trinajstić information content (AvgIpc) is 2.59. The molecule has 0 aliphatic rings. The van der Waals surface area contributed by atoms with Crippen LogP contribution in [0.25, 0.3) is 0 Å². The lowest BCUT2D eigenvalue weighted by Crippen LogP contribution is -2.20. The molecule has 0 aromatic heterocycles. The van der Waals surface area contributed by atoms with Gasteiger partial charge < -0.3 is 10.2 Å². The molecule has 0 aliphatic carbocycles. The van der Waals surface area contributed by atoms with Gasteiger partial charge in [0.05, 0.1) is 0 Å². The van der Waals surface area contributed by atoms with Crippen LogP contribution in [-0.4, -0.2) is 0 Å². The highest BCUT2D eigenvalue weighted by molar-refractivity contribution is 5.41. The summed E-state index contributed by atoms with van der Waals surface area (Å²) in [4.78, 5) is 0. The van der Waals surface area contributed by atoms with E-state index in [4.69, 9.17) is 4.74 Å². The van der Waals surface area contributed by atoms with E-state index in [1.165, 1.54) is 11.1 Å². The van der Waals surface area contributed by atoms with Crippen LogP contribution in [-0.2, 0) is 6.54 Å². The van der Waals surface area contributed by atoms with Gasteiger partial charge >= 0.3 is 0 Å². The third-order valence-electron chi connectivity index (χ3n) is 3.48. The fourth-order valence-electron chi connectivity index (χ4n) is 2.19. The van der Waals surface area contributed by atoms with Crippen molar-refractivity contribution in [3.05, 3.63) is 90.0 Å². The monoisotopic (exact) mass is 304 g/mol. The van der Waals surface area contributed by atoms with Gasteiger partial charge in [0.25, 0.3) is 0 Å². The van der Waals surface area contributed by atoms with Crippen LogP contribution in [0.5, 0.6) is 11.5 Å². The Labute approximate surface area is 136 Å². The van der Waals surface area contributed by atoms with E-state index in [9.17, 15) is 0 Å². The van der Waals surface area contributed by atoms with Gasteiger partial charge in [-0.2, -0.15) is 0 Å². The van der Waals surface area contributed by atoms with Crippen LogP contribution in [0.2, 0.25) is 0 Å². The molecule has 0 heterocycles. The minimum atomic E-state index is 0.736. The Balaban J connectivity index is 1.51. The summed E-state index contributed by atoms with van der Waals surface area (Å²) in [7, 11) is 0. The summed E-state index contributed by atoms with van der Waals surface area (Å²) in [5.41, 5.74) is 9.83. The summed E-state index contributed by atoms with van der Waals surface area (Å²) >= 11 is 0. The highest BCUT2D eigenvalue weighted by Crippen LogP contribution is 2.21. The molecule has 3 aromatic rings. The minimum absolute atomic E-state index is 0.736. The molecule has 0 aliphatic heterocycles. The van der Waals surface area contributed by atoms with Crippen molar-refractivity contribution < 1.29 is 4.74 Å². The normalized spacial score (nSPS) is 10.3. The zero-order valence-corrected chi connectivity index (χ0v) is 13.1. The number of ether oxygens (including phenoxy) is 1. The van der Waals surface area contributed by atoms with Gasteiger partial charge in [0.15, 0.2) is 0 Å². The van der Waals surface area contributed by atoms with E-state index >= 15 is 0 Å². The van der Waals surface area contributed by atoms with Crippen LogP contribution < -0.4 is 15.6 Å². The van der Waals surface area contributed by atoms with Crippen LogP contribution in [0.1, 0.15) is 11.1 Å². The van der Waals surface area contributed by atoms with E-state index in [0.717, 1.165) is 23.7 Å². The molecule has 0 bridgehead atoms. The Morgan fingerprint density at radius 1 is 0.739 bits per heavy atom. The Morgan fingerprint density at radius 3 is 2.00 bits per heavy atom. The molecule has 0 spiro atoms. The van der Waals surface area contributed by atoms with E-state index in [0.29, 0.717) is 0 Å². The van der Waals surface area contributed by atoms with Crippen molar-refractivity contribution in [1.29, 1.82) is 0 Å². The van der Waals surface area contributed by atoms with Gasteiger partial charge in [-0.15, -0.1) is 0 Å². The molecule has 3 aromatic carbocycles. The number of para-hydroxylation sites is 1. The highest BCUT2D eigenvalue weighted by atomic mass is 16.5. The van der Waals surface area contributed by atoms with E-state index in [1.807, 2.05) is 66.7 Å². The number of hydrogen-bond acceptors (Lipinski definition) is 3. The molecule has 0 atom stereocenters. The zero-order chi connectivity index (χ0) is 15.9. The lowest BCUT2D eigenvalue weighted by molar-refractivity contribution is 0.482. The highest BCUT2D eigenvalue weighted by Gasteiger charge is 1.98. The van der Waals surface area contributed by atoms with Crippen molar-refractivity contribution in [2.24, 2.45) is 0 Å². The molecule has 3 rings (SSSR count). The van der Waals surface area contributed by atoms with E-state index in [2.05, 4.69) is 29.9 Å². The third-order valence-corrected chi connectivity index (χ3v) is 3.48. The molecule has 0 amide bonds. The number of aryl methyl sites for hydroxylation is 1. The van der Waals surface area contributed by atoms with Crippen molar-refractivity contribution in [2.75, 3.05) is 5.43 Å². The van der Waals surface area contributed by atoms with Gasteiger partial charge in [0.1, 0.15) is 11.5 Å². The second kappa shape index (κ2) is 7.47. The van der Waals surface area contributed by atoms with Gasteiger partial charge in [0.2, 0.25) is 0 Å². The van der Waals surface area contributed by atoms with E-state index in [-0.39, 0.29) is 0 Å². The Bertz CT molecular complexity index is 722. The van der Waals surface area contributed by atoms with Crippen molar-refractivity contribution >= 4 is 5.69 Å². The van der Waals surface area contributed by atoms with Crippen LogP contribution >= 0.6 is 0 Å². The third kappa shape index (κ3) is 4.59. The van der Waals surface area contributed by atoms with Crippen LogP contribution in [0.3, 0.4) is 0 Å². The van der Waals surface area contributed by atoms with Crippen molar-refractivity contribution in [3.63, 3.8) is 0 Å². The summed E-state index contributed by atoms with van der Waals surface area (Å²) in [5.74, 6) is 1.70. The number of anilines is 1. The molecule has 2 N–H and O–H groups in total. The molecular weight excluding hydrogens is 284 g/mol. The Hall–Kier alpha value is -2.78. The first kappa shape index (κ1) is 15.1. The molecular formula is C20H20N2O. The van der Waals surface area contributed by atoms with Crippen LogP contribution in [0, 0.1) is 6.92 Å². The SMILES string of the molecule is Cc1ccc(Oc2ccc(CNNc3ccccc3)cc2)cc1. The first-order chi connectivity index (χ1) is 11.3. The van der Waals surface area contributed by atoms with Gasteiger partial charge in [-0.3, -0.25) is 0 Å². The number of benzene rings is 3. The standard InChI is InChI=1S/C20H20N2O/c1-16-7-11-19(12-8-16)23-20-13-9-17(10-14-20)15-21-22-18-5-3-2-4-6-18/h2-14,21-22H,15H2,1H3. The molecule has 0 radical (unpaired) electrons. The minimum Gasteiger partial charge on any atom is -0.457 e. The van der Waals surface area contributed by atoms with Crippen molar-refractivity contribution in [3.8, 4) is 11.5 Å². The maximum atomic E-state index is 5.83. The molecule has 3 nitrogen and oxygen atoms in total. The smallest absolute Gasteiger partial charge is 0.127 e. The number of nitrogens with one attached hydrogen (secondary N) is 2. The number of hydrazine groups is 1. The van der Waals surface area contributed by atoms with Crippen molar-refractivity contribution in [1.82, 2.24) is 5.43 Å². The average molecular weight is 304 g/mol. The summed E-state index contributed by atoms with van der Waals surface area (Å²) in [6.45, 7) is 2.80. The summed E-state index contributed by atoms with van der Waals surface area (Å²) < 4.78 is 5.83. The van der Waals surface area contributed by atoms with E-state index in [1.54, 1.807) is 0 Å². The van der Waals surface area contributed by atoms with Gasteiger partial charge in [0, 0.05) is 12.2 Å². The summed E-state index contributed by atoms with van der Waals surface area (Å²) in [6, 6.07) is 26.2. The molecule has 0 saturated heterocycles. The second-order valence-electron chi connectivity index (χ2n) is 5.40. The van der Waals surface area contributed by atoms with Crippen molar-refractivity contribution in [2.45, 2.75) is 13.5 Å². The van der Waals surface area contributed by atoms with Gasteiger partial charge in [-0.1, -0.05) is 48.0 Å². The first-order valence-corrected chi connectivity index (χ1v) is 7.67. The number of rotatable bonds is 6. The molecule has 0 saturated carbocycles. The quantitative estimate of drug-likeness (QED) is 0.635.